The Balaban J connectivity index is 1.55. The molecule has 0 fully saturated rings. The van der Waals surface area contributed by atoms with Crippen LogP contribution in [0.15, 0.2) is 78.2 Å². The predicted molar refractivity (Wildman–Crippen MR) is 134 cm³/mol. The van der Waals surface area contributed by atoms with E-state index in [-0.39, 0.29) is 29.8 Å². The van der Waals surface area contributed by atoms with Gasteiger partial charge in [0.2, 0.25) is 11.8 Å². The highest BCUT2D eigenvalue weighted by Gasteiger charge is 2.36. The van der Waals surface area contributed by atoms with Gasteiger partial charge in [0.15, 0.2) is 11.5 Å². The van der Waals surface area contributed by atoms with Crippen molar-refractivity contribution >= 4 is 0 Å². The third kappa shape index (κ3) is 4.52. The Morgan fingerprint density at radius 1 is 1.05 bits per heavy atom. The summed E-state index contributed by atoms with van der Waals surface area (Å²) in [5.41, 5.74) is 10.1. The number of fused-ring (bicyclic) bond motifs is 1. The molecule has 0 saturated carbocycles. The molecule has 0 amide bonds. The number of benzene rings is 3. The zero-order chi connectivity index (χ0) is 25.9. The van der Waals surface area contributed by atoms with Crippen molar-refractivity contribution in [1.82, 2.24) is 10.2 Å². The van der Waals surface area contributed by atoms with Crippen molar-refractivity contribution < 1.29 is 23.3 Å². The molecule has 3 N–H and O–H groups in total. The highest BCUT2D eigenvalue weighted by atomic mass is 19.1. The van der Waals surface area contributed by atoms with Crippen LogP contribution >= 0.6 is 0 Å². The first-order valence-electron chi connectivity index (χ1n) is 11.4. The van der Waals surface area contributed by atoms with E-state index in [1.165, 1.54) is 19.2 Å². The van der Waals surface area contributed by atoms with Gasteiger partial charge in [0.1, 0.15) is 29.8 Å². The molecule has 0 aliphatic carbocycles. The van der Waals surface area contributed by atoms with Gasteiger partial charge in [0.05, 0.1) is 31.4 Å². The second kappa shape index (κ2) is 9.95. The molecule has 0 radical (unpaired) electrons. The lowest BCUT2D eigenvalue weighted by Crippen LogP contribution is -2.21. The van der Waals surface area contributed by atoms with Crippen LogP contribution in [0, 0.1) is 17.1 Å². The molecule has 5 rings (SSSR count). The predicted octanol–water partition coefficient (Wildman–Crippen LogP) is 5.03. The van der Waals surface area contributed by atoms with Crippen molar-refractivity contribution in [3.63, 3.8) is 0 Å². The average Bonchev–Trinajstić information content (AvgIpc) is 3.35. The molecule has 3 aromatic carbocycles. The van der Waals surface area contributed by atoms with Crippen molar-refractivity contribution in [3.05, 3.63) is 101 Å². The van der Waals surface area contributed by atoms with Crippen molar-refractivity contribution in [2.45, 2.75) is 12.5 Å². The first-order valence-corrected chi connectivity index (χ1v) is 11.4. The molecule has 0 saturated heterocycles. The van der Waals surface area contributed by atoms with E-state index in [1.807, 2.05) is 30.3 Å². The van der Waals surface area contributed by atoms with Gasteiger partial charge >= 0.3 is 0 Å². The Hall–Kier alpha value is -4.97. The van der Waals surface area contributed by atoms with Crippen LogP contribution in [0.5, 0.6) is 23.1 Å². The third-order valence-corrected chi connectivity index (χ3v) is 6.13. The zero-order valence-corrected chi connectivity index (χ0v) is 20.1. The molecule has 9 heteroatoms. The number of nitrogens with one attached hydrogen (secondary N) is 1. The van der Waals surface area contributed by atoms with E-state index in [1.54, 1.807) is 31.4 Å². The molecule has 37 heavy (non-hydrogen) atoms. The Morgan fingerprint density at radius 2 is 1.86 bits per heavy atom. The summed E-state index contributed by atoms with van der Waals surface area (Å²) in [5, 5.41) is 17.4. The van der Waals surface area contributed by atoms with E-state index in [9.17, 15) is 9.65 Å². The van der Waals surface area contributed by atoms with Crippen molar-refractivity contribution in [2.75, 3.05) is 14.2 Å². The molecule has 186 valence electrons. The number of nitriles is 1. The fourth-order valence-electron chi connectivity index (χ4n) is 4.30. The molecule has 0 bridgehead atoms. The molecular weight excluding hydrogens is 475 g/mol. The van der Waals surface area contributed by atoms with Gasteiger partial charge in [-0.15, -0.1) is 5.10 Å². The van der Waals surface area contributed by atoms with Crippen molar-refractivity contribution in [1.29, 1.82) is 5.26 Å². The van der Waals surface area contributed by atoms with Crippen LogP contribution in [0.4, 0.5) is 4.39 Å². The zero-order valence-electron chi connectivity index (χ0n) is 20.1. The SMILES string of the molecule is COc1cccc(-c2[nH]nc3c2C(c2ccc(OCc4ccc(F)cc4)c(OC)c2)C(C#N)=C(N)O3)c1. The van der Waals surface area contributed by atoms with Gasteiger partial charge in [0.25, 0.3) is 0 Å². The summed E-state index contributed by atoms with van der Waals surface area (Å²) in [6, 6.07) is 21.2. The van der Waals surface area contributed by atoms with Crippen LogP contribution in [0.2, 0.25) is 0 Å². The minimum absolute atomic E-state index is 0.0145. The Morgan fingerprint density at radius 3 is 2.59 bits per heavy atom. The number of hydrogen-bond acceptors (Lipinski definition) is 7. The van der Waals surface area contributed by atoms with E-state index in [4.69, 9.17) is 24.7 Å². The van der Waals surface area contributed by atoms with E-state index >= 15 is 0 Å². The van der Waals surface area contributed by atoms with Gasteiger partial charge in [-0.2, -0.15) is 5.26 Å². The van der Waals surface area contributed by atoms with Crippen LogP contribution in [-0.2, 0) is 6.61 Å². The number of methoxy groups -OCH3 is 2. The standard InChI is InChI=1S/C28H23FN4O4/c1-34-20-5-3-4-18(12-20)26-25-24(21(14-30)27(31)37-28(25)33-32-26)17-8-11-22(23(13-17)35-2)36-15-16-6-9-19(29)10-7-16/h3-13,24H,15,31H2,1-2H3,(H,32,33). The maximum absolute atomic E-state index is 13.2. The maximum Gasteiger partial charge on any atom is 0.244 e. The minimum Gasteiger partial charge on any atom is -0.497 e. The normalized spacial score (nSPS) is 14.4. The summed E-state index contributed by atoms with van der Waals surface area (Å²) in [7, 11) is 3.13. The Bertz CT molecular complexity index is 1520. The van der Waals surface area contributed by atoms with Crippen molar-refractivity contribution in [2.24, 2.45) is 5.73 Å². The Kier molecular flexibility index (Phi) is 6.39. The lowest BCUT2D eigenvalue weighted by molar-refractivity contribution is 0.284. The lowest BCUT2D eigenvalue weighted by Gasteiger charge is -2.25. The molecule has 0 spiro atoms. The average molecular weight is 499 g/mol. The van der Waals surface area contributed by atoms with Gasteiger partial charge in [0, 0.05) is 5.56 Å². The fraction of sp³-hybridized carbons (Fsp3) is 0.143. The number of halogens is 1. The molecule has 1 aromatic heterocycles. The molecule has 1 aliphatic rings. The third-order valence-electron chi connectivity index (χ3n) is 6.13. The number of hydrogen-bond donors (Lipinski definition) is 2. The summed E-state index contributed by atoms with van der Waals surface area (Å²) in [4.78, 5) is 0. The van der Waals surface area contributed by atoms with Crippen LogP contribution < -0.4 is 24.7 Å². The second-order valence-electron chi connectivity index (χ2n) is 8.30. The number of aromatic amines is 1. The largest absolute Gasteiger partial charge is 0.497 e. The molecular formula is C28H23FN4O4. The summed E-state index contributed by atoms with van der Waals surface area (Å²) in [6.45, 7) is 0.232. The summed E-state index contributed by atoms with van der Waals surface area (Å²) < 4.78 is 35.8. The van der Waals surface area contributed by atoms with Crippen molar-refractivity contribution in [3.8, 4) is 40.5 Å². The number of H-pyrrole nitrogens is 1. The fourth-order valence-corrected chi connectivity index (χ4v) is 4.30. The number of allylic oxidation sites excluding steroid dienone is 1. The molecule has 1 aliphatic heterocycles. The van der Waals surface area contributed by atoms with Gasteiger partial charge < -0.3 is 24.7 Å². The number of rotatable bonds is 7. The van der Waals surface area contributed by atoms with Gasteiger partial charge in [-0.1, -0.05) is 30.3 Å². The number of ether oxygens (including phenoxy) is 4. The van der Waals surface area contributed by atoms with Gasteiger partial charge in [-0.25, -0.2) is 4.39 Å². The Labute approximate surface area is 212 Å². The minimum atomic E-state index is -0.575. The quantitative estimate of drug-likeness (QED) is 0.367. The molecule has 2 heterocycles. The highest BCUT2D eigenvalue weighted by Crippen LogP contribution is 2.47. The summed E-state index contributed by atoms with van der Waals surface area (Å²) in [6.07, 6.45) is 0. The lowest BCUT2D eigenvalue weighted by atomic mass is 9.83. The van der Waals surface area contributed by atoms with E-state index < -0.39 is 5.92 Å². The molecule has 1 atom stereocenters. The molecule has 8 nitrogen and oxygen atoms in total. The monoisotopic (exact) mass is 498 g/mol. The first kappa shape index (κ1) is 23.8. The van der Waals surface area contributed by atoms with Crippen LogP contribution in [0.1, 0.15) is 22.6 Å². The maximum atomic E-state index is 13.2. The summed E-state index contributed by atoms with van der Waals surface area (Å²) >= 11 is 0. The van der Waals surface area contributed by atoms with Gasteiger partial charge in [-0.05, 0) is 47.5 Å². The second-order valence-corrected chi connectivity index (χ2v) is 8.30. The molecule has 4 aromatic rings. The van der Waals surface area contributed by atoms with E-state index in [0.29, 0.717) is 28.5 Å². The topological polar surface area (TPSA) is 115 Å². The van der Waals surface area contributed by atoms with E-state index in [0.717, 1.165) is 16.7 Å². The summed E-state index contributed by atoms with van der Waals surface area (Å²) in [5.74, 6) is 1.03. The number of nitrogens with two attached hydrogens (primary N) is 1. The number of aromatic nitrogens is 2. The van der Waals surface area contributed by atoms with E-state index in [2.05, 4.69) is 16.3 Å². The smallest absolute Gasteiger partial charge is 0.244 e. The van der Waals surface area contributed by atoms with Crippen LogP contribution in [0.3, 0.4) is 0 Å². The van der Waals surface area contributed by atoms with Crippen LogP contribution in [0.25, 0.3) is 11.3 Å². The first-order chi connectivity index (χ1) is 18.0. The molecule has 1 unspecified atom stereocenters. The van der Waals surface area contributed by atoms with Gasteiger partial charge in [-0.3, -0.25) is 5.10 Å². The highest BCUT2D eigenvalue weighted by molar-refractivity contribution is 5.72. The van der Waals surface area contributed by atoms with Crippen LogP contribution in [-0.4, -0.2) is 24.4 Å². The number of nitrogens with zero attached hydrogens (tertiary/aromatic N) is 2.